The summed E-state index contributed by atoms with van der Waals surface area (Å²) in [5.74, 6) is 2.23. The van der Waals surface area contributed by atoms with Gasteiger partial charge in [-0.2, -0.15) is 0 Å². The van der Waals surface area contributed by atoms with E-state index in [-0.39, 0.29) is 0 Å². The molecular formula is C12H16BrNO2. The highest BCUT2D eigenvalue weighted by Crippen LogP contribution is 2.46. The van der Waals surface area contributed by atoms with Gasteiger partial charge in [-0.3, -0.25) is 0 Å². The Labute approximate surface area is 104 Å². The van der Waals surface area contributed by atoms with Crippen LogP contribution in [-0.4, -0.2) is 20.8 Å². The Morgan fingerprint density at radius 1 is 1.44 bits per heavy atom. The topological polar surface area (TPSA) is 44.5 Å². The summed E-state index contributed by atoms with van der Waals surface area (Å²) in [5.41, 5.74) is 8.26. The van der Waals surface area contributed by atoms with E-state index < -0.39 is 0 Å². The first-order chi connectivity index (χ1) is 7.72. The molecule has 0 bridgehead atoms. The van der Waals surface area contributed by atoms with E-state index >= 15 is 0 Å². The molecular weight excluding hydrogens is 270 g/mol. The van der Waals surface area contributed by atoms with Crippen molar-refractivity contribution < 1.29 is 9.47 Å². The lowest BCUT2D eigenvalue weighted by Crippen LogP contribution is -2.10. The molecule has 0 saturated carbocycles. The number of halogens is 1. The number of hydrogen-bond donors (Lipinski definition) is 1. The van der Waals surface area contributed by atoms with Crippen molar-refractivity contribution in [3.05, 3.63) is 21.7 Å². The van der Waals surface area contributed by atoms with Gasteiger partial charge in [-0.05, 0) is 41.4 Å². The van der Waals surface area contributed by atoms with Crippen molar-refractivity contribution >= 4 is 15.9 Å². The van der Waals surface area contributed by atoms with Crippen molar-refractivity contribution in [2.24, 2.45) is 5.73 Å². The van der Waals surface area contributed by atoms with Crippen molar-refractivity contribution in [1.29, 1.82) is 0 Å². The first-order valence-corrected chi connectivity index (χ1v) is 6.15. The van der Waals surface area contributed by atoms with Gasteiger partial charge in [0.1, 0.15) is 11.5 Å². The van der Waals surface area contributed by atoms with Crippen LogP contribution in [-0.2, 0) is 6.42 Å². The summed E-state index contributed by atoms with van der Waals surface area (Å²) in [6.45, 7) is 0.661. The van der Waals surface area contributed by atoms with Crippen LogP contribution in [0.3, 0.4) is 0 Å². The summed E-state index contributed by atoms with van der Waals surface area (Å²) < 4.78 is 11.8. The Hall–Kier alpha value is -0.740. The lowest BCUT2D eigenvalue weighted by atomic mass is 10.00. The molecule has 0 aliphatic heterocycles. The highest BCUT2D eigenvalue weighted by molar-refractivity contribution is 9.10. The fraction of sp³-hybridized carbons (Fsp3) is 0.500. The second-order valence-corrected chi connectivity index (χ2v) is 4.81. The number of nitrogens with two attached hydrogens (primary N) is 1. The van der Waals surface area contributed by atoms with Gasteiger partial charge in [-0.1, -0.05) is 0 Å². The van der Waals surface area contributed by atoms with E-state index in [4.69, 9.17) is 15.2 Å². The Morgan fingerprint density at radius 2 is 2.19 bits per heavy atom. The molecule has 2 rings (SSSR count). The van der Waals surface area contributed by atoms with Gasteiger partial charge in [-0.15, -0.1) is 0 Å². The van der Waals surface area contributed by atoms with Crippen LogP contribution < -0.4 is 15.2 Å². The minimum atomic E-state index is 0.395. The van der Waals surface area contributed by atoms with Crippen molar-refractivity contribution in [3.63, 3.8) is 0 Å². The van der Waals surface area contributed by atoms with Crippen LogP contribution in [0, 0.1) is 0 Å². The zero-order chi connectivity index (χ0) is 11.7. The maximum atomic E-state index is 5.79. The number of ether oxygens (including phenoxy) is 2. The average molecular weight is 286 g/mol. The third kappa shape index (κ3) is 1.70. The molecule has 0 aromatic heterocycles. The standard InChI is InChI=1S/C12H16BrNO2/c1-15-10-5-9(13)12(16-2)8-4-3-7(6-14)11(8)10/h5,7H,3-4,6,14H2,1-2H3. The lowest BCUT2D eigenvalue weighted by molar-refractivity contribution is 0.394. The lowest BCUT2D eigenvalue weighted by Gasteiger charge is -2.16. The Balaban J connectivity index is 2.61. The van der Waals surface area contributed by atoms with Crippen molar-refractivity contribution in [3.8, 4) is 11.5 Å². The molecule has 88 valence electrons. The number of rotatable bonds is 3. The van der Waals surface area contributed by atoms with Crippen LogP contribution in [0.25, 0.3) is 0 Å². The van der Waals surface area contributed by atoms with Crippen molar-refractivity contribution in [1.82, 2.24) is 0 Å². The minimum Gasteiger partial charge on any atom is -0.496 e. The molecule has 0 spiro atoms. The van der Waals surface area contributed by atoms with E-state index in [1.165, 1.54) is 11.1 Å². The van der Waals surface area contributed by atoms with Crippen LogP contribution in [0.15, 0.2) is 10.5 Å². The molecule has 1 aromatic rings. The summed E-state index contributed by atoms with van der Waals surface area (Å²) in [7, 11) is 3.39. The van der Waals surface area contributed by atoms with Crippen molar-refractivity contribution in [2.75, 3.05) is 20.8 Å². The fourth-order valence-corrected chi connectivity index (χ4v) is 3.07. The quantitative estimate of drug-likeness (QED) is 0.928. The second kappa shape index (κ2) is 4.63. The Morgan fingerprint density at radius 3 is 2.75 bits per heavy atom. The third-order valence-electron chi connectivity index (χ3n) is 3.20. The monoisotopic (exact) mass is 285 g/mol. The Bertz CT molecular complexity index is 406. The smallest absolute Gasteiger partial charge is 0.136 e. The molecule has 0 saturated heterocycles. The van der Waals surface area contributed by atoms with Gasteiger partial charge >= 0.3 is 0 Å². The molecule has 1 aromatic carbocycles. The predicted octanol–water partition coefficient (Wildman–Crippen LogP) is 2.45. The molecule has 1 aliphatic carbocycles. The fourth-order valence-electron chi connectivity index (χ4n) is 2.46. The van der Waals surface area contributed by atoms with Gasteiger partial charge in [-0.25, -0.2) is 0 Å². The SMILES string of the molecule is COc1cc(Br)c(OC)c2c1C(CN)CC2. The number of benzene rings is 1. The third-order valence-corrected chi connectivity index (χ3v) is 3.79. The van der Waals surface area contributed by atoms with Crippen LogP contribution in [0.5, 0.6) is 11.5 Å². The molecule has 1 atom stereocenters. The number of methoxy groups -OCH3 is 2. The molecule has 0 heterocycles. The van der Waals surface area contributed by atoms with E-state index in [0.717, 1.165) is 28.8 Å². The molecule has 1 aliphatic rings. The molecule has 0 radical (unpaired) electrons. The first-order valence-electron chi connectivity index (χ1n) is 5.36. The summed E-state index contributed by atoms with van der Waals surface area (Å²) in [5, 5.41) is 0. The molecule has 3 nitrogen and oxygen atoms in total. The molecule has 0 fully saturated rings. The summed E-state index contributed by atoms with van der Waals surface area (Å²) in [6.07, 6.45) is 2.09. The van der Waals surface area contributed by atoms with Gasteiger partial charge in [0.2, 0.25) is 0 Å². The van der Waals surface area contributed by atoms with Gasteiger partial charge in [0, 0.05) is 17.0 Å². The van der Waals surface area contributed by atoms with Crippen molar-refractivity contribution in [2.45, 2.75) is 18.8 Å². The van der Waals surface area contributed by atoms with Gasteiger partial charge in [0.05, 0.1) is 18.7 Å². The van der Waals surface area contributed by atoms with Crippen LogP contribution in [0.2, 0.25) is 0 Å². The molecule has 4 heteroatoms. The van der Waals surface area contributed by atoms with E-state index in [1.54, 1.807) is 14.2 Å². The highest BCUT2D eigenvalue weighted by atomic mass is 79.9. The van der Waals surface area contributed by atoms with Crippen LogP contribution >= 0.6 is 15.9 Å². The van der Waals surface area contributed by atoms with E-state index in [0.29, 0.717) is 12.5 Å². The van der Waals surface area contributed by atoms with Crippen LogP contribution in [0.4, 0.5) is 0 Å². The van der Waals surface area contributed by atoms with E-state index in [2.05, 4.69) is 15.9 Å². The first kappa shape index (κ1) is 11.7. The van der Waals surface area contributed by atoms with Gasteiger partial charge < -0.3 is 15.2 Å². The Kier molecular flexibility index (Phi) is 3.40. The van der Waals surface area contributed by atoms with Gasteiger partial charge in [0.15, 0.2) is 0 Å². The predicted molar refractivity (Wildman–Crippen MR) is 67.4 cm³/mol. The molecule has 2 N–H and O–H groups in total. The maximum absolute atomic E-state index is 5.79. The largest absolute Gasteiger partial charge is 0.496 e. The number of fused-ring (bicyclic) bond motifs is 1. The second-order valence-electron chi connectivity index (χ2n) is 3.96. The molecule has 0 amide bonds. The maximum Gasteiger partial charge on any atom is 0.136 e. The highest BCUT2D eigenvalue weighted by Gasteiger charge is 2.29. The minimum absolute atomic E-state index is 0.395. The van der Waals surface area contributed by atoms with E-state index in [1.807, 2.05) is 6.07 Å². The summed E-state index contributed by atoms with van der Waals surface area (Å²) in [4.78, 5) is 0. The number of hydrogen-bond acceptors (Lipinski definition) is 3. The average Bonchev–Trinajstić information content (AvgIpc) is 2.71. The summed E-state index contributed by atoms with van der Waals surface area (Å²) >= 11 is 3.51. The summed E-state index contributed by atoms with van der Waals surface area (Å²) in [6, 6.07) is 1.96. The van der Waals surface area contributed by atoms with E-state index in [9.17, 15) is 0 Å². The molecule has 16 heavy (non-hydrogen) atoms. The van der Waals surface area contributed by atoms with Gasteiger partial charge in [0.25, 0.3) is 0 Å². The zero-order valence-electron chi connectivity index (χ0n) is 9.55. The van der Waals surface area contributed by atoms with Crippen LogP contribution in [0.1, 0.15) is 23.5 Å². The normalized spacial score (nSPS) is 18.4. The zero-order valence-corrected chi connectivity index (χ0v) is 11.1. The molecule has 1 unspecified atom stereocenters.